The lowest BCUT2D eigenvalue weighted by atomic mass is 10.1. The van der Waals surface area contributed by atoms with Crippen molar-refractivity contribution in [2.75, 3.05) is 6.54 Å². The number of hydrogen-bond donors (Lipinski definition) is 2. The zero-order valence-corrected chi connectivity index (χ0v) is 12.2. The molecule has 1 amide bonds. The van der Waals surface area contributed by atoms with Crippen molar-refractivity contribution in [2.24, 2.45) is 5.73 Å². The van der Waals surface area contributed by atoms with Gasteiger partial charge in [-0.3, -0.25) is 0 Å². The van der Waals surface area contributed by atoms with Crippen LogP contribution in [0.1, 0.15) is 32.4 Å². The maximum absolute atomic E-state index is 13.8. The smallest absolute Gasteiger partial charge is 0.408 e. The van der Waals surface area contributed by atoms with E-state index in [2.05, 4.69) is 5.32 Å². The van der Waals surface area contributed by atoms with Crippen molar-refractivity contribution in [3.8, 4) is 0 Å². The number of rotatable bonds is 3. The monoisotopic (exact) mass is 306 g/mol. The van der Waals surface area contributed by atoms with Crippen LogP contribution in [0.3, 0.4) is 0 Å². The Bertz CT molecular complexity index is 504. The molecule has 112 valence electrons. The van der Waals surface area contributed by atoms with Gasteiger partial charge in [0.25, 0.3) is 0 Å². The van der Waals surface area contributed by atoms with E-state index in [1.807, 2.05) is 0 Å². The molecule has 1 atom stereocenters. The number of nitrogens with two attached hydrogens (primary N) is 1. The molecule has 1 rings (SSSR count). The van der Waals surface area contributed by atoms with Crippen LogP contribution in [0.5, 0.6) is 0 Å². The molecule has 1 unspecified atom stereocenters. The van der Waals surface area contributed by atoms with Crippen molar-refractivity contribution in [3.05, 3.63) is 34.4 Å². The van der Waals surface area contributed by atoms with Gasteiger partial charge in [0.1, 0.15) is 17.2 Å². The third-order valence-electron chi connectivity index (χ3n) is 2.34. The first-order valence-corrected chi connectivity index (χ1v) is 6.36. The number of hydrogen-bond acceptors (Lipinski definition) is 3. The van der Waals surface area contributed by atoms with Crippen LogP contribution in [0.25, 0.3) is 0 Å². The van der Waals surface area contributed by atoms with Gasteiger partial charge in [-0.1, -0.05) is 11.6 Å². The third kappa shape index (κ3) is 4.61. The van der Waals surface area contributed by atoms with Crippen LogP contribution in [0.4, 0.5) is 13.6 Å². The van der Waals surface area contributed by atoms with Crippen molar-refractivity contribution in [1.29, 1.82) is 0 Å². The highest BCUT2D eigenvalue weighted by Gasteiger charge is 2.22. The molecule has 0 aliphatic carbocycles. The van der Waals surface area contributed by atoms with E-state index in [4.69, 9.17) is 22.1 Å². The first-order chi connectivity index (χ1) is 9.14. The third-order valence-corrected chi connectivity index (χ3v) is 2.63. The van der Waals surface area contributed by atoms with Crippen molar-refractivity contribution in [2.45, 2.75) is 32.4 Å². The van der Waals surface area contributed by atoms with E-state index < -0.39 is 29.4 Å². The molecule has 0 bridgehead atoms. The summed E-state index contributed by atoms with van der Waals surface area (Å²) in [6.45, 7) is 4.95. The lowest BCUT2D eigenvalue weighted by molar-refractivity contribution is 0.0504. The Balaban J connectivity index is 2.92. The maximum atomic E-state index is 13.8. The van der Waals surface area contributed by atoms with Gasteiger partial charge in [-0.2, -0.15) is 0 Å². The molecule has 0 radical (unpaired) electrons. The van der Waals surface area contributed by atoms with Gasteiger partial charge in [-0.25, -0.2) is 13.6 Å². The second kappa shape index (κ2) is 6.37. The lowest BCUT2D eigenvalue weighted by Crippen LogP contribution is -2.38. The average molecular weight is 307 g/mol. The summed E-state index contributed by atoms with van der Waals surface area (Å²) in [5, 5.41) is 2.06. The molecule has 4 nitrogen and oxygen atoms in total. The summed E-state index contributed by atoms with van der Waals surface area (Å²) in [4.78, 5) is 11.6. The van der Waals surface area contributed by atoms with Crippen LogP contribution in [0.2, 0.25) is 5.02 Å². The van der Waals surface area contributed by atoms with Crippen LogP contribution in [-0.4, -0.2) is 18.2 Å². The van der Waals surface area contributed by atoms with E-state index in [1.54, 1.807) is 20.8 Å². The quantitative estimate of drug-likeness (QED) is 0.843. The average Bonchev–Trinajstić information content (AvgIpc) is 2.29. The second-order valence-electron chi connectivity index (χ2n) is 5.22. The van der Waals surface area contributed by atoms with Gasteiger partial charge in [0.05, 0.1) is 11.1 Å². The molecule has 0 saturated carbocycles. The van der Waals surface area contributed by atoms with Crippen molar-refractivity contribution < 1.29 is 18.3 Å². The predicted octanol–water partition coefficient (Wildman–Crippen LogP) is 3.14. The zero-order valence-electron chi connectivity index (χ0n) is 11.5. The highest BCUT2D eigenvalue weighted by Crippen LogP contribution is 2.24. The molecular formula is C13H17ClF2N2O2. The van der Waals surface area contributed by atoms with E-state index in [0.29, 0.717) is 0 Å². The summed E-state index contributed by atoms with van der Waals surface area (Å²) in [6.07, 6.45) is -0.761. The fourth-order valence-electron chi connectivity index (χ4n) is 1.52. The first-order valence-electron chi connectivity index (χ1n) is 5.98. The minimum atomic E-state index is -0.906. The summed E-state index contributed by atoms with van der Waals surface area (Å²) in [5.41, 5.74) is 4.70. The van der Waals surface area contributed by atoms with Gasteiger partial charge in [0.15, 0.2) is 0 Å². The van der Waals surface area contributed by atoms with Gasteiger partial charge in [0, 0.05) is 12.1 Å². The lowest BCUT2D eigenvalue weighted by Gasteiger charge is -2.23. The minimum Gasteiger partial charge on any atom is -0.444 e. The number of carbonyl (C=O) groups excluding carboxylic acids is 1. The molecule has 0 heterocycles. The molecule has 0 fully saturated rings. The second-order valence-corrected chi connectivity index (χ2v) is 5.63. The van der Waals surface area contributed by atoms with Crippen LogP contribution < -0.4 is 11.1 Å². The van der Waals surface area contributed by atoms with Gasteiger partial charge in [-0.05, 0) is 32.9 Å². The maximum Gasteiger partial charge on any atom is 0.408 e. The number of ether oxygens (including phenoxy) is 1. The highest BCUT2D eigenvalue weighted by atomic mass is 35.5. The molecule has 0 aromatic heterocycles. The first kappa shape index (κ1) is 16.7. The minimum absolute atomic E-state index is 0.0831. The van der Waals surface area contributed by atoms with Crippen LogP contribution in [0.15, 0.2) is 12.1 Å². The van der Waals surface area contributed by atoms with Gasteiger partial charge in [0.2, 0.25) is 0 Å². The van der Waals surface area contributed by atoms with Crippen molar-refractivity contribution in [3.63, 3.8) is 0 Å². The molecule has 1 aromatic carbocycles. The summed E-state index contributed by atoms with van der Waals surface area (Å²) in [6, 6.07) is 0.842. The van der Waals surface area contributed by atoms with Crippen LogP contribution in [-0.2, 0) is 4.74 Å². The van der Waals surface area contributed by atoms with Gasteiger partial charge in [-0.15, -0.1) is 0 Å². The van der Waals surface area contributed by atoms with Crippen LogP contribution >= 0.6 is 11.6 Å². The zero-order chi connectivity index (χ0) is 15.5. The fourth-order valence-corrected chi connectivity index (χ4v) is 1.67. The molecule has 3 N–H and O–H groups in total. The van der Waals surface area contributed by atoms with Gasteiger partial charge < -0.3 is 15.8 Å². The van der Waals surface area contributed by atoms with E-state index in [9.17, 15) is 13.6 Å². The van der Waals surface area contributed by atoms with Gasteiger partial charge >= 0.3 is 6.09 Å². The van der Waals surface area contributed by atoms with E-state index >= 15 is 0 Å². The fraction of sp³-hybridized carbons (Fsp3) is 0.462. The molecule has 0 spiro atoms. The Morgan fingerprint density at radius 1 is 1.40 bits per heavy atom. The number of carbonyl (C=O) groups is 1. The number of halogens is 3. The SMILES string of the molecule is CC(C)(C)OC(=O)NC(CN)c1cc(F)c(Cl)cc1F. The largest absolute Gasteiger partial charge is 0.444 e. The Morgan fingerprint density at radius 2 is 2.00 bits per heavy atom. The molecular weight excluding hydrogens is 290 g/mol. The normalized spacial score (nSPS) is 12.9. The highest BCUT2D eigenvalue weighted by molar-refractivity contribution is 6.30. The van der Waals surface area contributed by atoms with E-state index in [1.165, 1.54) is 0 Å². The molecule has 1 aromatic rings. The van der Waals surface area contributed by atoms with E-state index in [-0.39, 0.29) is 17.1 Å². The summed E-state index contributed by atoms with van der Waals surface area (Å²) in [7, 11) is 0. The summed E-state index contributed by atoms with van der Waals surface area (Å²) in [5.74, 6) is -1.53. The summed E-state index contributed by atoms with van der Waals surface area (Å²) >= 11 is 5.47. The Hall–Kier alpha value is -1.40. The van der Waals surface area contributed by atoms with Crippen molar-refractivity contribution in [1.82, 2.24) is 5.32 Å². The number of nitrogens with one attached hydrogen (secondary N) is 1. The number of amides is 1. The molecule has 0 saturated heterocycles. The molecule has 20 heavy (non-hydrogen) atoms. The van der Waals surface area contributed by atoms with Crippen LogP contribution in [0, 0.1) is 11.6 Å². The molecule has 0 aliphatic heterocycles. The standard InChI is InChI=1S/C13H17ClF2N2O2/c1-13(2,3)20-12(19)18-11(6-17)7-4-10(16)8(14)5-9(7)15/h4-5,11H,6,17H2,1-3H3,(H,18,19). The Kier molecular flexibility index (Phi) is 5.30. The Labute approximate surface area is 121 Å². The Morgan fingerprint density at radius 3 is 2.50 bits per heavy atom. The number of alkyl carbamates (subject to hydrolysis) is 1. The molecule has 0 aliphatic rings. The summed E-state index contributed by atoms with van der Waals surface area (Å²) < 4.78 is 32.2. The molecule has 7 heteroatoms. The van der Waals surface area contributed by atoms with Crippen molar-refractivity contribution >= 4 is 17.7 Å². The number of benzene rings is 1. The van der Waals surface area contributed by atoms with E-state index in [0.717, 1.165) is 12.1 Å². The topological polar surface area (TPSA) is 64.3 Å². The predicted molar refractivity (Wildman–Crippen MR) is 72.5 cm³/mol.